The first-order chi connectivity index (χ1) is 12.0. The molecule has 1 aromatic carbocycles. The van der Waals surface area contributed by atoms with Crippen LogP contribution in [0.25, 0.3) is 0 Å². The minimum absolute atomic E-state index is 0. The Morgan fingerprint density at radius 2 is 1.92 bits per heavy atom. The van der Waals surface area contributed by atoms with Crippen LogP contribution < -0.4 is 15.4 Å². The fraction of sp³-hybridized carbons (Fsp3) is 0.650. The minimum Gasteiger partial charge on any atom is -0.497 e. The monoisotopic (exact) mass is 476 g/mol. The van der Waals surface area contributed by atoms with Crippen molar-refractivity contribution >= 4 is 29.9 Å². The lowest BCUT2D eigenvalue weighted by Gasteiger charge is -2.21. The van der Waals surface area contributed by atoms with Gasteiger partial charge in [-0.1, -0.05) is 19.9 Å². The van der Waals surface area contributed by atoms with Crippen LogP contribution in [0.2, 0.25) is 0 Å². The summed E-state index contributed by atoms with van der Waals surface area (Å²) in [5.74, 6) is 1.74. The van der Waals surface area contributed by atoms with Gasteiger partial charge in [0, 0.05) is 19.6 Å². The Kier molecular flexibility index (Phi) is 13.5. The molecule has 0 saturated carbocycles. The second-order valence-electron chi connectivity index (χ2n) is 6.50. The molecule has 0 aliphatic heterocycles. The molecule has 0 aliphatic rings. The molecule has 2 N–H and O–H groups in total. The molecule has 0 heterocycles. The Morgan fingerprint density at radius 1 is 1.23 bits per heavy atom. The second kappa shape index (κ2) is 14.1. The number of halogens is 1. The number of aryl methyl sites for hydroxylation is 1. The van der Waals surface area contributed by atoms with E-state index in [0.717, 1.165) is 44.3 Å². The van der Waals surface area contributed by atoms with E-state index in [0.29, 0.717) is 6.04 Å². The average molecular weight is 476 g/mol. The molecule has 0 saturated heterocycles. The zero-order chi connectivity index (χ0) is 18.7. The SMILES string of the molecule is CCN(CC)CCCC(C)NC(=NC)NCc1cc(C)cc(OC)c1.I. The molecule has 0 radical (unpaired) electrons. The van der Waals surface area contributed by atoms with Crippen LogP contribution in [-0.4, -0.2) is 50.7 Å². The molecule has 1 rings (SSSR count). The molecule has 0 aromatic heterocycles. The Bertz CT molecular complexity index is 533. The predicted molar refractivity (Wildman–Crippen MR) is 123 cm³/mol. The molecule has 1 aromatic rings. The van der Waals surface area contributed by atoms with Crippen LogP contribution in [0.15, 0.2) is 23.2 Å². The summed E-state index contributed by atoms with van der Waals surface area (Å²) in [5.41, 5.74) is 2.39. The molecule has 0 aliphatic carbocycles. The number of aliphatic imine (C=N–C) groups is 1. The normalized spacial score (nSPS) is 12.5. The number of ether oxygens (including phenoxy) is 1. The third-order valence-electron chi connectivity index (χ3n) is 4.42. The average Bonchev–Trinajstić information content (AvgIpc) is 2.61. The maximum atomic E-state index is 5.34. The van der Waals surface area contributed by atoms with Crippen LogP contribution in [0.1, 0.15) is 44.7 Å². The number of rotatable bonds is 10. The first-order valence-corrected chi connectivity index (χ1v) is 9.36. The standard InChI is InChI=1S/C20H36N4O.HI/c1-7-24(8-2)11-9-10-17(4)23-20(21-5)22-15-18-12-16(3)13-19(14-18)25-6;/h12-14,17H,7-11,15H2,1-6H3,(H2,21,22,23);1H. The van der Waals surface area contributed by atoms with Gasteiger partial charge >= 0.3 is 0 Å². The zero-order valence-electron chi connectivity index (χ0n) is 17.3. The van der Waals surface area contributed by atoms with Crippen molar-refractivity contribution in [1.29, 1.82) is 0 Å². The van der Waals surface area contributed by atoms with Gasteiger partial charge < -0.3 is 20.3 Å². The van der Waals surface area contributed by atoms with E-state index in [-0.39, 0.29) is 24.0 Å². The molecule has 150 valence electrons. The molecule has 26 heavy (non-hydrogen) atoms. The van der Waals surface area contributed by atoms with Gasteiger partial charge in [0.25, 0.3) is 0 Å². The maximum absolute atomic E-state index is 5.34. The predicted octanol–water partition coefficient (Wildman–Crippen LogP) is 3.80. The van der Waals surface area contributed by atoms with Crippen LogP contribution in [0.5, 0.6) is 5.75 Å². The summed E-state index contributed by atoms with van der Waals surface area (Å²) in [6.07, 6.45) is 2.33. The van der Waals surface area contributed by atoms with Gasteiger partial charge in [-0.25, -0.2) is 0 Å². The van der Waals surface area contributed by atoms with Crippen LogP contribution in [0.4, 0.5) is 0 Å². The summed E-state index contributed by atoms with van der Waals surface area (Å²) in [7, 11) is 3.52. The molecule has 6 heteroatoms. The summed E-state index contributed by atoms with van der Waals surface area (Å²) < 4.78 is 5.34. The molecular weight excluding hydrogens is 439 g/mol. The number of nitrogens with zero attached hydrogens (tertiary/aromatic N) is 2. The topological polar surface area (TPSA) is 48.9 Å². The van der Waals surface area contributed by atoms with E-state index in [1.807, 2.05) is 13.1 Å². The van der Waals surface area contributed by atoms with Gasteiger partial charge in [-0.15, -0.1) is 24.0 Å². The summed E-state index contributed by atoms with van der Waals surface area (Å²) in [6, 6.07) is 6.65. The molecule has 0 bridgehead atoms. The van der Waals surface area contributed by atoms with Crippen molar-refractivity contribution < 1.29 is 4.74 Å². The molecule has 1 atom stereocenters. The van der Waals surface area contributed by atoms with E-state index in [4.69, 9.17) is 4.74 Å². The Hall–Kier alpha value is -1.02. The Morgan fingerprint density at radius 3 is 2.50 bits per heavy atom. The van der Waals surface area contributed by atoms with Gasteiger partial charge in [0.1, 0.15) is 5.75 Å². The highest BCUT2D eigenvalue weighted by Gasteiger charge is 2.07. The summed E-state index contributed by atoms with van der Waals surface area (Å²) >= 11 is 0. The third-order valence-corrected chi connectivity index (χ3v) is 4.42. The fourth-order valence-electron chi connectivity index (χ4n) is 2.89. The van der Waals surface area contributed by atoms with Crippen molar-refractivity contribution in [2.75, 3.05) is 33.8 Å². The molecule has 1 unspecified atom stereocenters. The number of benzene rings is 1. The summed E-state index contributed by atoms with van der Waals surface area (Å²) in [6.45, 7) is 12.9. The van der Waals surface area contributed by atoms with E-state index in [1.165, 1.54) is 17.5 Å². The fourth-order valence-corrected chi connectivity index (χ4v) is 2.89. The third kappa shape index (κ3) is 9.62. The van der Waals surface area contributed by atoms with Crippen molar-refractivity contribution in [2.45, 2.75) is 53.1 Å². The van der Waals surface area contributed by atoms with Crippen molar-refractivity contribution in [1.82, 2.24) is 15.5 Å². The highest BCUT2D eigenvalue weighted by Crippen LogP contribution is 2.16. The Labute approximate surface area is 177 Å². The van der Waals surface area contributed by atoms with Gasteiger partial charge in [0.05, 0.1) is 7.11 Å². The molecular formula is C20H37IN4O. The first-order valence-electron chi connectivity index (χ1n) is 9.36. The summed E-state index contributed by atoms with van der Waals surface area (Å²) in [4.78, 5) is 6.80. The number of nitrogens with one attached hydrogen (secondary N) is 2. The quantitative estimate of drug-likeness (QED) is 0.307. The zero-order valence-corrected chi connectivity index (χ0v) is 19.6. The van der Waals surface area contributed by atoms with Crippen molar-refractivity contribution in [3.8, 4) is 5.75 Å². The summed E-state index contributed by atoms with van der Waals surface area (Å²) in [5, 5.41) is 6.87. The molecule has 5 nitrogen and oxygen atoms in total. The van der Waals surface area contributed by atoms with E-state index in [9.17, 15) is 0 Å². The van der Waals surface area contributed by atoms with Crippen molar-refractivity contribution in [3.63, 3.8) is 0 Å². The smallest absolute Gasteiger partial charge is 0.191 e. The highest BCUT2D eigenvalue weighted by molar-refractivity contribution is 14.0. The van der Waals surface area contributed by atoms with E-state index in [2.05, 4.69) is 60.4 Å². The van der Waals surface area contributed by atoms with Crippen LogP contribution >= 0.6 is 24.0 Å². The van der Waals surface area contributed by atoms with Crippen molar-refractivity contribution in [3.05, 3.63) is 29.3 Å². The second-order valence-corrected chi connectivity index (χ2v) is 6.50. The lowest BCUT2D eigenvalue weighted by atomic mass is 10.1. The Balaban J connectivity index is 0.00000625. The largest absolute Gasteiger partial charge is 0.497 e. The van der Waals surface area contributed by atoms with Crippen LogP contribution in [0, 0.1) is 6.92 Å². The van der Waals surface area contributed by atoms with Gasteiger partial charge in [-0.2, -0.15) is 0 Å². The lowest BCUT2D eigenvalue weighted by Crippen LogP contribution is -2.42. The van der Waals surface area contributed by atoms with Crippen LogP contribution in [0.3, 0.4) is 0 Å². The molecule has 0 amide bonds. The van der Waals surface area contributed by atoms with E-state index >= 15 is 0 Å². The molecule has 0 fully saturated rings. The van der Waals surface area contributed by atoms with E-state index in [1.54, 1.807) is 7.11 Å². The number of hydrogen-bond acceptors (Lipinski definition) is 3. The minimum atomic E-state index is 0. The molecule has 0 spiro atoms. The van der Waals surface area contributed by atoms with Crippen molar-refractivity contribution in [2.24, 2.45) is 4.99 Å². The van der Waals surface area contributed by atoms with Crippen LogP contribution in [-0.2, 0) is 6.54 Å². The van der Waals surface area contributed by atoms with Gasteiger partial charge in [0.15, 0.2) is 5.96 Å². The first kappa shape index (κ1) is 25.0. The van der Waals surface area contributed by atoms with E-state index < -0.39 is 0 Å². The van der Waals surface area contributed by atoms with Gasteiger partial charge in [-0.3, -0.25) is 4.99 Å². The lowest BCUT2D eigenvalue weighted by molar-refractivity contribution is 0.292. The number of methoxy groups -OCH3 is 1. The van der Waals surface area contributed by atoms with Gasteiger partial charge in [-0.05, 0) is 69.6 Å². The highest BCUT2D eigenvalue weighted by atomic mass is 127. The number of hydrogen-bond donors (Lipinski definition) is 2. The maximum Gasteiger partial charge on any atom is 0.191 e. The van der Waals surface area contributed by atoms with Gasteiger partial charge in [0.2, 0.25) is 0 Å². The number of guanidine groups is 1.